The highest BCUT2D eigenvalue weighted by Gasteiger charge is 2.11. The van der Waals surface area contributed by atoms with Crippen LogP contribution in [-0.4, -0.2) is 27.8 Å². The summed E-state index contributed by atoms with van der Waals surface area (Å²) >= 11 is 5.57. The topological polar surface area (TPSA) is 58.2 Å². The minimum atomic E-state index is -3.40. The van der Waals surface area contributed by atoms with Crippen LogP contribution in [0.2, 0.25) is 5.02 Å². The van der Waals surface area contributed by atoms with Crippen molar-refractivity contribution >= 4 is 27.3 Å². The molecule has 2 N–H and O–H groups in total. The summed E-state index contributed by atoms with van der Waals surface area (Å²) in [7, 11) is -1.59. The highest BCUT2D eigenvalue weighted by Crippen LogP contribution is 2.20. The van der Waals surface area contributed by atoms with Crippen LogP contribution in [0.25, 0.3) is 0 Å². The third kappa shape index (κ3) is 5.20. The highest BCUT2D eigenvalue weighted by atomic mass is 35.5. The largest absolute Gasteiger partial charge is 0.320 e. The molecule has 0 aliphatic heterocycles. The Kier molecular flexibility index (Phi) is 5.84. The Hall–Kier alpha value is -0.850. The lowest BCUT2D eigenvalue weighted by atomic mass is 10.3. The third-order valence-corrected chi connectivity index (χ3v) is 3.95. The van der Waals surface area contributed by atoms with E-state index < -0.39 is 15.8 Å². The van der Waals surface area contributed by atoms with E-state index in [0.717, 1.165) is 19.0 Å². The van der Waals surface area contributed by atoms with Crippen molar-refractivity contribution in [2.75, 3.05) is 24.1 Å². The first-order valence-electron chi connectivity index (χ1n) is 5.55. The van der Waals surface area contributed by atoms with Crippen molar-refractivity contribution < 1.29 is 12.8 Å². The highest BCUT2D eigenvalue weighted by molar-refractivity contribution is 7.92. The van der Waals surface area contributed by atoms with Crippen LogP contribution in [0.4, 0.5) is 10.1 Å². The van der Waals surface area contributed by atoms with E-state index in [1.165, 1.54) is 12.1 Å². The van der Waals surface area contributed by atoms with Crippen LogP contribution in [0.3, 0.4) is 0 Å². The average Bonchev–Trinajstić information content (AvgIpc) is 2.29. The van der Waals surface area contributed by atoms with Gasteiger partial charge in [0, 0.05) is 0 Å². The minimum Gasteiger partial charge on any atom is -0.320 e. The van der Waals surface area contributed by atoms with Gasteiger partial charge in [0.25, 0.3) is 0 Å². The fourth-order valence-electron chi connectivity index (χ4n) is 1.38. The number of anilines is 1. The van der Waals surface area contributed by atoms with Crippen molar-refractivity contribution in [1.29, 1.82) is 0 Å². The lowest BCUT2D eigenvalue weighted by Gasteiger charge is -2.08. The van der Waals surface area contributed by atoms with Gasteiger partial charge in [0.1, 0.15) is 5.82 Å². The molecule has 7 heteroatoms. The molecule has 0 saturated heterocycles. The molecule has 0 saturated carbocycles. The monoisotopic (exact) mass is 294 g/mol. The average molecular weight is 295 g/mol. The summed E-state index contributed by atoms with van der Waals surface area (Å²) in [6.45, 7) is 0.776. The Morgan fingerprint density at radius 1 is 1.33 bits per heavy atom. The van der Waals surface area contributed by atoms with Crippen molar-refractivity contribution in [2.45, 2.75) is 12.8 Å². The van der Waals surface area contributed by atoms with E-state index in [2.05, 4.69) is 10.0 Å². The van der Waals surface area contributed by atoms with Crippen LogP contribution in [-0.2, 0) is 10.0 Å². The molecular formula is C11H16ClFN2O2S. The maximum absolute atomic E-state index is 12.9. The summed E-state index contributed by atoms with van der Waals surface area (Å²) in [6, 6.07) is 3.72. The molecular weight excluding hydrogens is 279 g/mol. The van der Waals surface area contributed by atoms with Gasteiger partial charge in [-0.15, -0.1) is 0 Å². The molecule has 0 radical (unpaired) electrons. The van der Waals surface area contributed by atoms with Gasteiger partial charge >= 0.3 is 0 Å². The second-order valence-corrected chi connectivity index (χ2v) is 6.11. The molecule has 0 heterocycles. The molecule has 0 aliphatic rings. The van der Waals surface area contributed by atoms with E-state index in [9.17, 15) is 12.8 Å². The Bertz CT molecular complexity index is 494. The van der Waals surface area contributed by atoms with E-state index >= 15 is 0 Å². The van der Waals surface area contributed by atoms with Gasteiger partial charge in [-0.1, -0.05) is 11.6 Å². The molecule has 0 spiro atoms. The van der Waals surface area contributed by atoms with Gasteiger partial charge in [-0.3, -0.25) is 4.72 Å². The zero-order chi connectivity index (χ0) is 13.6. The lowest BCUT2D eigenvalue weighted by molar-refractivity contribution is 0.595. The summed E-state index contributed by atoms with van der Waals surface area (Å²) in [4.78, 5) is 0. The molecule has 0 bridgehead atoms. The minimum absolute atomic E-state index is 0.0314. The zero-order valence-corrected chi connectivity index (χ0v) is 11.6. The second-order valence-electron chi connectivity index (χ2n) is 3.86. The summed E-state index contributed by atoms with van der Waals surface area (Å²) in [5.74, 6) is -0.544. The van der Waals surface area contributed by atoms with Gasteiger partial charge in [0.05, 0.1) is 16.5 Å². The summed E-state index contributed by atoms with van der Waals surface area (Å²) in [6.07, 6.45) is 1.34. The number of hydrogen-bond acceptors (Lipinski definition) is 3. The number of halogens is 2. The van der Waals surface area contributed by atoms with Crippen LogP contribution in [0.15, 0.2) is 18.2 Å². The van der Waals surface area contributed by atoms with Crippen molar-refractivity contribution in [2.24, 2.45) is 0 Å². The predicted octanol–water partition coefficient (Wildman–Crippen LogP) is 2.22. The lowest BCUT2D eigenvalue weighted by Crippen LogP contribution is -2.18. The molecule has 0 atom stereocenters. The van der Waals surface area contributed by atoms with Gasteiger partial charge in [-0.25, -0.2) is 12.8 Å². The van der Waals surface area contributed by atoms with E-state index in [4.69, 9.17) is 11.6 Å². The van der Waals surface area contributed by atoms with Crippen molar-refractivity contribution in [3.63, 3.8) is 0 Å². The molecule has 1 aromatic carbocycles. The molecule has 1 aromatic rings. The SMILES string of the molecule is CNCCCCS(=O)(=O)Nc1ccc(F)c(Cl)c1. The van der Waals surface area contributed by atoms with Crippen LogP contribution in [0.5, 0.6) is 0 Å². The molecule has 4 nitrogen and oxygen atoms in total. The van der Waals surface area contributed by atoms with Gasteiger partial charge in [-0.2, -0.15) is 0 Å². The molecule has 1 rings (SSSR count). The Labute approximate surface area is 112 Å². The van der Waals surface area contributed by atoms with E-state index in [1.54, 1.807) is 0 Å². The Morgan fingerprint density at radius 3 is 2.67 bits per heavy atom. The number of sulfonamides is 1. The van der Waals surface area contributed by atoms with E-state index in [0.29, 0.717) is 6.42 Å². The number of nitrogens with one attached hydrogen (secondary N) is 2. The van der Waals surface area contributed by atoms with Crippen LogP contribution >= 0.6 is 11.6 Å². The number of unbranched alkanes of at least 4 members (excludes halogenated alkanes) is 1. The Morgan fingerprint density at radius 2 is 2.06 bits per heavy atom. The molecule has 102 valence electrons. The normalized spacial score (nSPS) is 11.5. The first-order valence-corrected chi connectivity index (χ1v) is 7.58. The van der Waals surface area contributed by atoms with Crippen LogP contribution in [0.1, 0.15) is 12.8 Å². The van der Waals surface area contributed by atoms with Crippen molar-refractivity contribution in [3.05, 3.63) is 29.0 Å². The van der Waals surface area contributed by atoms with Gasteiger partial charge < -0.3 is 5.32 Å². The van der Waals surface area contributed by atoms with Crippen LogP contribution in [0, 0.1) is 5.82 Å². The fraction of sp³-hybridized carbons (Fsp3) is 0.455. The van der Waals surface area contributed by atoms with E-state index in [1.807, 2.05) is 7.05 Å². The maximum Gasteiger partial charge on any atom is 0.232 e. The summed E-state index contributed by atoms with van der Waals surface area (Å²) in [5.41, 5.74) is 0.273. The number of benzene rings is 1. The van der Waals surface area contributed by atoms with Crippen molar-refractivity contribution in [3.8, 4) is 0 Å². The summed E-state index contributed by atoms with van der Waals surface area (Å²) in [5, 5.41) is 2.84. The maximum atomic E-state index is 12.9. The smallest absolute Gasteiger partial charge is 0.232 e. The standard InChI is InChI=1S/C11H16ClFN2O2S/c1-14-6-2-3-7-18(16,17)15-9-4-5-11(13)10(12)8-9/h4-5,8,14-15H,2-3,6-7H2,1H3. The molecule has 18 heavy (non-hydrogen) atoms. The second kappa shape index (κ2) is 6.92. The summed E-state index contributed by atoms with van der Waals surface area (Å²) < 4.78 is 38.6. The van der Waals surface area contributed by atoms with Crippen LogP contribution < -0.4 is 10.0 Å². The van der Waals surface area contributed by atoms with Crippen molar-refractivity contribution in [1.82, 2.24) is 5.32 Å². The number of hydrogen-bond donors (Lipinski definition) is 2. The molecule has 0 unspecified atom stereocenters. The first kappa shape index (κ1) is 15.2. The quantitative estimate of drug-likeness (QED) is 0.758. The molecule has 0 aliphatic carbocycles. The van der Waals surface area contributed by atoms with Gasteiger partial charge in [0.2, 0.25) is 10.0 Å². The first-order chi connectivity index (χ1) is 8.44. The van der Waals surface area contributed by atoms with E-state index in [-0.39, 0.29) is 16.5 Å². The molecule has 0 fully saturated rings. The third-order valence-electron chi connectivity index (χ3n) is 2.28. The van der Waals surface area contributed by atoms with Gasteiger partial charge in [-0.05, 0) is 44.6 Å². The zero-order valence-electron chi connectivity index (χ0n) is 10.0. The molecule has 0 amide bonds. The molecule has 0 aromatic heterocycles. The Balaban J connectivity index is 2.56. The predicted molar refractivity (Wildman–Crippen MR) is 72.0 cm³/mol. The van der Waals surface area contributed by atoms with Gasteiger partial charge in [0.15, 0.2) is 0 Å². The fourth-order valence-corrected chi connectivity index (χ4v) is 2.74. The number of rotatable bonds is 7.